The number of aromatic nitrogens is 2. The fourth-order valence-corrected chi connectivity index (χ4v) is 5.11. The summed E-state index contributed by atoms with van der Waals surface area (Å²) in [6.45, 7) is 1.76. The van der Waals surface area contributed by atoms with Crippen LogP contribution in [0.3, 0.4) is 0 Å². The summed E-state index contributed by atoms with van der Waals surface area (Å²) < 4.78 is 8.40. The third-order valence-corrected chi connectivity index (χ3v) is 7.15. The Bertz CT molecular complexity index is 1640. The average Bonchev–Trinajstić information content (AvgIpc) is 3.35. The van der Waals surface area contributed by atoms with Gasteiger partial charge >= 0.3 is 0 Å². The first-order valence-corrected chi connectivity index (χ1v) is 12.6. The van der Waals surface area contributed by atoms with Gasteiger partial charge in [0.05, 0.1) is 23.4 Å². The number of benzene rings is 3. The molecule has 0 saturated carbocycles. The van der Waals surface area contributed by atoms with Gasteiger partial charge in [-0.25, -0.2) is 9.58 Å². The van der Waals surface area contributed by atoms with Crippen LogP contribution in [0.25, 0.3) is 11.8 Å². The summed E-state index contributed by atoms with van der Waals surface area (Å²) in [7, 11) is 3.33. The molecular formula is C29H24N4O4S. The molecule has 8 nitrogen and oxygen atoms in total. The second-order valence-electron chi connectivity index (χ2n) is 8.50. The molecule has 0 bridgehead atoms. The predicted octanol–water partition coefficient (Wildman–Crippen LogP) is 4.81. The van der Waals surface area contributed by atoms with Crippen LogP contribution in [0.2, 0.25) is 0 Å². The topological polar surface area (TPSA) is 85.9 Å². The molecule has 4 aromatic rings. The van der Waals surface area contributed by atoms with E-state index in [-0.39, 0.29) is 10.9 Å². The molecule has 190 valence electrons. The summed E-state index contributed by atoms with van der Waals surface area (Å²) in [4.78, 5) is 46.4. The summed E-state index contributed by atoms with van der Waals surface area (Å²) in [5, 5.41) is 0.120. The molecule has 1 fully saturated rings. The van der Waals surface area contributed by atoms with Crippen molar-refractivity contribution in [3.63, 3.8) is 0 Å². The van der Waals surface area contributed by atoms with Gasteiger partial charge in [0.15, 0.2) is 5.17 Å². The van der Waals surface area contributed by atoms with E-state index in [1.54, 1.807) is 74.3 Å². The molecule has 3 aromatic carbocycles. The van der Waals surface area contributed by atoms with E-state index in [1.807, 2.05) is 42.5 Å². The maximum Gasteiger partial charge on any atom is 0.296 e. The molecule has 5 rings (SSSR count). The molecule has 9 heteroatoms. The van der Waals surface area contributed by atoms with Gasteiger partial charge in [-0.3, -0.25) is 19.1 Å². The molecule has 0 unspecified atom stereocenters. The maximum atomic E-state index is 13.8. The zero-order chi connectivity index (χ0) is 26.8. The highest BCUT2D eigenvalue weighted by Gasteiger charge is 2.39. The Hall–Kier alpha value is -4.63. The second kappa shape index (κ2) is 10.4. The number of aliphatic imine (C=N–C) groups is 1. The zero-order valence-corrected chi connectivity index (χ0v) is 21.8. The zero-order valence-electron chi connectivity index (χ0n) is 21.0. The summed E-state index contributed by atoms with van der Waals surface area (Å²) in [5.41, 5.74) is 2.11. The van der Waals surface area contributed by atoms with Crippen LogP contribution in [0.4, 0.5) is 5.69 Å². The third-order valence-electron chi connectivity index (χ3n) is 6.19. The Kier molecular flexibility index (Phi) is 6.85. The molecule has 1 aromatic heterocycles. The fourth-order valence-electron chi connectivity index (χ4n) is 4.14. The number of hydrogen-bond acceptors (Lipinski definition) is 5. The number of ether oxygens (including phenoxy) is 1. The van der Waals surface area contributed by atoms with Crippen molar-refractivity contribution >= 4 is 40.5 Å². The van der Waals surface area contributed by atoms with Gasteiger partial charge in [-0.1, -0.05) is 48.5 Å². The van der Waals surface area contributed by atoms with Crippen molar-refractivity contribution in [2.45, 2.75) is 6.92 Å². The number of methoxy groups -OCH3 is 1. The first-order chi connectivity index (χ1) is 18.4. The first kappa shape index (κ1) is 25.0. The normalized spacial score (nSPS) is 15.4. The lowest BCUT2D eigenvalue weighted by atomic mass is 10.2. The SMILES string of the molecule is COc1ccc(C=C2SC(=NC(=O)c3ccccc3)N(c3c(C)n(C)n(-c4ccccc4)c3=O)C2=O)cc1. The van der Waals surface area contributed by atoms with Crippen LogP contribution in [-0.4, -0.2) is 33.5 Å². The number of para-hydroxylation sites is 1. The van der Waals surface area contributed by atoms with Crippen LogP contribution in [0.15, 0.2) is 99.6 Å². The maximum absolute atomic E-state index is 13.8. The fraction of sp³-hybridized carbons (Fsp3) is 0.103. The van der Waals surface area contributed by atoms with Gasteiger partial charge in [-0.05, 0) is 66.7 Å². The van der Waals surface area contributed by atoms with Gasteiger partial charge < -0.3 is 4.74 Å². The molecule has 2 amide bonds. The van der Waals surface area contributed by atoms with Crippen LogP contribution >= 0.6 is 11.8 Å². The highest BCUT2D eigenvalue weighted by Crippen LogP contribution is 2.37. The Labute approximate surface area is 223 Å². The molecule has 0 spiro atoms. The van der Waals surface area contributed by atoms with E-state index in [2.05, 4.69) is 4.99 Å². The monoisotopic (exact) mass is 524 g/mol. The molecule has 0 atom stereocenters. The van der Waals surface area contributed by atoms with Gasteiger partial charge in [0, 0.05) is 12.6 Å². The second-order valence-corrected chi connectivity index (χ2v) is 9.51. The number of rotatable bonds is 5. The Morgan fingerprint density at radius 1 is 0.921 bits per heavy atom. The number of anilines is 1. The largest absolute Gasteiger partial charge is 0.497 e. The minimum Gasteiger partial charge on any atom is -0.497 e. The van der Waals surface area contributed by atoms with Crippen molar-refractivity contribution in [3.8, 4) is 11.4 Å². The van der Waals surface area contributed by atoms with Crippen molar-refractivity contribution in [2.24, 2.45) is 12.0 Å². The standard InChI is InChI=1S/C29H24N4O4S/c1-19-25(28(36)33(31(19)2)22-12-8-5-9-13-22)32-27(35)24(18-20-14-16-23(37-3)17-15-20)38-29(32)30-26(34)21-10-6-4-7-11-21/h4-18H,1-3H3. The predicted molar refractivity (Wildman–Crippen MR) is 150 cm³/mol. The molecule has 2 heterocycles. The lowest BCUT2D eigenvalue weighted by Crippen LogP contribution is -2.34. The van der Waals surface area contributed by atoms with Gasteiger partial charge in [0.25, 0.3) is 17.4 Å². The van der Waals surface area contributed by atoms with Gasteiger partial charge in [0.1, 0.15) is 11.4 Å². The lowest BCUT2D eigenvalue weighted by Gasteiger charge is -2.13. The number of carbonyl (C=O) groups is 2. The van der Waals surface area contributed by atoms with E-state index in [9.17, 15) is 14.4 Å². The Balaban J connectivity index is 1.64. The van der Waals surface area contributed by atoms with Crippen molar-refractivity contribution in [2.75, 3.05) is 12.0 Å². The van der Waals surface area contributed by atoms with Crippen molar-refractivity contribution in [3.05, 3.63) is 117 Å². The van der Waals surface area contributed by atoms with Crippen molar-refractivity contribution < 1.29 is 14.3 Å². The summed E-state index contributed by atoms with van der Waals surface area (Å²) in [6, 6.07) is 25.0. The van der Waals surface area contributed by atoms with Crippen molar-refractivity contribution in [1.82, 2.24) is 9.36 Å². The highest BCUT2D eigenvalue weighted by atomic mass is 32.2. The van der Waals surface area contributed by atoms with Crippen LogP contribution in [0.1, 0.15) is 21.6 Å². The minimum absolute atomic E-state index is 0.120. The molecule has 0 radical (unpaired) electrons. The molecule has 0 aliphatic carbocycles. The van der Waals surface area contributed by atoms with E-state index in [1.165, 1.54) is 9.58 Å². The van der Waals surface area contributed by atoms with Crippen LogP contribution in [0.5, 0.6) is 5.75 Å². The van der Waals surface area contributed by atoms with E-state index < -0.39 is 17.4 Å². The van der Waals surface area contributed by atoms with Crippen LogP contribution in [0, 0.1) is 6.92 Å². The van der Waals surface area contributed by atoms with Gasteiger partial charge in [-0.15, -0.1) is 0 Å². The average molecular weight is 525 g/mol. The van der Waals surface area contributed by atoms with E-state index >= 15 is 0 Å². The van der Waals surface area contributed by atoms with Gasteiger partial charge in [-0.2, -0.15) is 4.99 Å². The van der Waals surface area contributed by atoms with E-state index in [4.69, 9.17) is 4.74 Å². The molecule has 1 aliphatic heterocycles. The summed E-state index contributed by atoms with van der Waals surface area (Å²) in [6.07, 6.45) is 1.71. The number of hydrogen-bond donors (Lipinski definition) is 0. The van der Waals surface area contributed by atoms with Crippen LogP contribution < -0.4 is 15.2 Å². The summed E-state index contributed by atoms with van der Waals surface area (Å²) in [5.74, 6) is -0.249. The highest BCUT2D eigenvalue weighted by molar-refractivity contribution is 8.19. The number of thioether (sulfide) groups is 1. The molecular weight excluding hydrogens is 500 g/mol. The Morgan fingerprint density at radius 3 is 2.18 bits per heavy atom. The number of amidine groups is 1. The number of carbonyl (C=O) groups excluding carboxylic acids is 2. The quantitative estimate of drug-likeness (QED) is 0.350. The molecule has 0 N–H and O–H groups in total. The first-order valence-electron chi connectivity index (χ1n) is 11.8. The smallest absolute Gasteiger partial charge is 0.296 e. The molecule has 38 heavy (non-hydrogen) atoms. The van der Waals surface area contributed by atoms with Gasteiger partial charge in [0.2, 0.25) is 0 Å². The van der Waals surface area contributed by atoms with E-state index in [0.29, 0.717) is 27.6 Å². The van der Waals surface area contributed by atoms with Crippen molar-refractivity contribution in [1.29, 1.82) is 0 Å². The number of amides is 2. The van der Waals surface area contributed by atoms with Crippen LogP contribution in [-0.2, 0) is 11.8 Å². The Morgan fingerprint density at radius 2 is 1.55 bits per heavy atom. The lowest BCUT2D eigenvalue weighted by molar-refractivity contribution is -0.113. The summed E-state index contributed by atoms with van der Waals surface area (Å²) >= 11 is 1.06. The van der Waals surface area contributed by atoms with E-state index in [0.717, 1.165) is 17.3 Å². The molecule has 1 aliphatic rings. The minimum atomic E-state index is -0.506. The molecule has 1 saturated heterocycles. The third kappa shape index (κ3) is 4.59. The number of nitrogens with zero attached hydrogens (tertiary/aromatic N) is 4.